The number of nitrogens with one attached hydrogen (secondary N) is 1. The van der Waals surface area contributed by atoms with Crippen molar-refractivity contribution in [1.29, 1.82) is 0 Å². The molecule has 0 aromatic carbocycles. The van der Waals surface area contributed by atoms with Gasteiger partial charge >= 0.3 is 0 Å². The summed E-state index contributed by atoms with van der Waals surface area (Å²) in [4.78, 5) is 0. The molecule has 0 aliphatic heterocycles. The van der Waals surface area contributed by atoms with Gasteiger partial charge in [-0.3, -0.25) is 0 Å². The molecule has 2 heteroatoms. The lowest BCUT2D eigenvalue weighted by Crippen LogP contribution is -2.37. The van der Waals surface area contributed by atoms with Gasteiger partial charge in [-0.05, 0) is 43.4 Å². The molecule has 17 heavy (non-hydrogen) atoms. The molecule has 2 unspecified atom stereocenters. The summed E-state index contributed by atoms with van der Waals surface area (Å²) < 4.78 is 5.15. The molecule has 2 atom stereocenters. The molecule has 0 aliphatic rings. The van der Waals surface area contributed by atoms with Crippen LogP contribution in [0.3, 0.4) is 0 Å². The van der Waals surface area contributed by atoms with E-state index in [-0.39, 0.29) is 0 Å². The van der Waals surface area contributed by atoms with E-state index in [9.17, 15) is 0 Å². The van der Waals surface area contributed by atoms with Gasteiger partial charge in [0.25, 0.3) is 0 Å². The Kier molecular flexibility index (Phi) is 7.02. The van der Waals surface area contributed by atoms with Crippen LogP contribution in [0.25, 0.3) is 0 Å². The Bertz CT molecular complexity index is 268. The van der Waals surface area contributed by atoms with E-state index in [0.717, 1.165) is 18.9 Å². The molecule has 1 aromatic heterocycles. The summed E-state index contributed by atoms with van der Waals surface area (Å²) in [6.45, 7) is 7.96. The number of furan rings is 1. The van der Waals surface area contributed by atoms with Gasteiger partial charge in [-0.25, -0.2) is 0 Å². The normalized spacial score (nSPS) is 14.8. The van der Waals surface area contributed by atoms with E-state index in [4.69, 9.17) is 4.42 Å². The monoisotopic (exact) mass is 237 g/mol. The first-order valence-electron chi connectivity index (χ1n) is 7.02. The van der Waals surface area contributed by atoms with Crippen LogP contribution < -0.4 is 5.32 Å². The van der Waals surface area contributed by atoms with Crippen LogP contribution >= 0.6 is 0 Å². The second-order valence-electron chi connectivity index (χ2n) is 5.02. The highest BCUT2D eigenvalue weighted by Gasteiger charge is 2.16. The van der Waals surface area contributed by atoms with E-state index in [1.807, 2.05) is 6.26 Å². The molecular formula is C15H27NO. The lowest BCUT2D eigenvalue weighted by Gasteiger charge is -2.25. The van der Waals surface area contributed by atoms with Gasteiger partial charge in [0.15, 0.2) is 0 Å². The Balaban J connectivity index is 2.46. The van der Waals surface area contributed by atoms with E-state index in [1.165, 1.54) is 31.2 Å². The molecule has 2 nitrogen and oxygen atoms in total. The molecule has 1 N–H and O–H groups in total. The average molecular weight is 237 g/mol. The number of hydrogen-bond donors (Lipinski definition) is 1. The fourth-order valence-corrected chi connectivity index (χ4v) is 2.19. The largest absolute Gasteiger partial charge is 0.472 e. The number of rotatable bonds is 9. The van der Waals surface area contributed by atoms with Gasteiger partial charge in [0.2, 0.25) is 0 Å². The van der Waals surface area contributed by atoms with Gasteiger partial charge in [0.05, 0.1) is 12.5 Å². The van der Waals surface area contributed by atoms with Crippen LogP contribution in [0.2, 0.25) is 0 Å². The molecule has 0 aliphatic carbocycles. The Morgan fingerprint density at radius 1 is 1.29 bits per heavy atom. The van der Waals surface area contributed by atoms with Crippen molar-refractivity contribution in [3.8, 4) is 0 Å². The zero-order valence-corrected chi connectivity index (χ0v) is 11.5. The van der Waals surface area contributed by atoms with Gasteiger partial charge in [0, 0.05) is 6.04 Å². The van der Waals surface area contributed by atoms with Crippen LogP contribution in [0.4, 0.5) is 0 Å². The molecule has 0 spiro atoms. The van der Waals surface area contributed by atoms with E-state index in [0.29, 0.717) is 6.04 Å². The lowest BCUT2D eigenvalue weighted by atomic mass is 9.91. The molecule has 0 fully saturated rings. The molecular weight excluding hydrogens is 210 g/mol. The molecule has 1 aromatic rings. The maximum atomic E-state index is 5.15. The molecule has 0 saturated carbocycles. The summed E-state index contributed by atoms with van der Waals surface area (Å²) >= 11 is 0. The first kappa shape index (κ1) is 14.3. The summed E-state index contributed by atoms with van der Waals surface area (Å²) in [5, 5.41) is 3.67. The predicted molar refractivity (Wildman–Crippen MR) is 73.2 cm³/mol. The van der Waals surface area contributed by atoms with Crippen LogP contribution in [0.5, 0.6) is 0 Å². The van der Waals surface area contributed by atoms with Crippen molar-refractivity contribution in [1.82, 2.24) is 5.32 Å². The highest BCUT2D eigenvalue weighted by Crippen LogP contribution is 2.17. The molecule has 1 heterocycles. The molecule has 0 bridgehead atoms. The van der Waals surface area contributed by atoms with Gasteiger partial charge in [-0.15, -0.1) is 0 Å². The van der Waals surface area contributed by atoms with Crippen LogP contribution in [0.1, 0.15) is 52.0 Å². The van der Waals surface area contributed by atoms with Gasteiger partial charge in [-0.2, -0.15) is 0 Å². The van der Waals surface area contributed by atoms with E-state index in [1.54, 1.807) is 6.26 Å². The van der Waals surface area contributed by atoms with E-state index < -0.39 is 0 Å². The third-order valence-electron chi connectivity index (χ3n) is 3.39. The molecule has 0 amide bonds. The van der Waals surface area contributed by atoms with Crippen molar-refractivity contribution in [3.63, 3.8) is 0 Å². The number of unbranched alkanes of at least 4 members (excludes halogenated alkanes) is 1. The predicted octanol–water partition coefficient (Wildman–Crippen LogP) is 4.02. The van der Waals surface area contributed by atoms with E-state index in [2.05, 4.69) is 32.2 Å². The van der Waals surface area contributed by atoms with Gasteiger partial charge in [-0.1, -0.05) is 33.6 Å². The lowest BCUT2D eigenvalue weighted by molar-refractivity contribution is 0.346. The fraction of sp³-hybridized carbons (Fsp3) is 0.733. The van der Waals surface area contributed by atoms with Crippen LogP contribution in [-0.2, 0) is 6.42 Å². The van der Waals surface area contributed by atoms with Crippen molar-refractivity contribution in [2.24, 2.45) is 5.92 Å². The third-order valence-corrected chi connectivity index (χ3v) is 3.39. The second-order valence-corrected chi connectivity index (χ2v) is 5.02. The average Bonchev–Trinajstić information content (AvgIpc) is 2.84. The second kappa shape index (κ2) is 8.35. The summed E-state index contributed by atoms with van der Waals surface area (Å²) in [7, 11) is 0. The minimum atomic E-state index is 0.582. The molecule has 98 valence electrons. The van der Waals surface area contributed by atoms with Crippen molar-refractivity contribution in [3.05, 3.63) is 24.2 Å². The highest BCUT2D eigenvalue weighted by atomic mass is 16.3. The number of hydrogen-bond acceptors (Lipinski definition) is 2. The van der Waals surface area contributed by atoms with Crippen molar-refractivity contribution in [2.45, 2.75) is 58.9 Å². The Morgan fingerprint density at radius 3 is 2.71 bits per heavy atom. The fourth-order valence-electron chi connectivity index (χ4n) is 2.19. The maximum Gasteiger partial charge on any atom is 0.0935 e. The van der Waals surface area contributed by atoms with Crippen molar-refractivity contribution >= 4 is 0 Å². The summed E-state index contributed by atoms with van der Waals surface area (Å²) in [5.74, 6) is 0.733. The van der Waals surface area contributed by atoms with Crippen LogP contribution in [-0.4, -0.2) is 12.6 Å². The van der Waals surface area contributed by atoms with Crippen molar-refractivity contribution in [2.75, 3.05) is 6.54 Å². The third kappa shape index (κ3) is 5.40. The minimum absolute atomic E-state index is 0.582. The maximum absolute atomic E-state index is 5.15. The van der Waals surface area contributed by atoms with Crippen LogP contribution in [0, 0.1) is 5.92 Å². The standard InChI is InChI=1S/C15H27NO/c1-4-6-7-13(3)15(16-9-5-2)11-14-8-10-17-12-14/h8,10,12-13,15-16H,4-7,9,11H2,1-3H3. The zero-order chi connectivity index (χ0) is 12.5. The van der Waals surface area contributed by atoms with Crippen LogP contribution in [0.15, 0.2) is 23.0 Å². The smallest absolute Gasteiger partial charge is 0.0935 e. The first-order chi connectivity index (χ1) is 8.27. The highest BCUT2D eigenvalue weighted by molar-refractivity contribution is 5.07. The molecule has 0 saturated heterocycles. The first-order valence-corrected chi connectivity index (χ1v) is 7.02. The van der Waals surface area contributed by atoms with Crippen molar-refractivity contribution < 1.29 is 4.42 Å². The summed E-state index contributed by atoms with van der Waals surface area (Å²) in [5.41, 5.74) is 1.31. The summed E-state index contributed by atoms with van der Waals surface area (Å²) in [6, 6.07) is 2.66. The topological polar surface area (TPSA) is 25.2 Å². The Hall–Kier alpha value is -0.760. The van der Waals surface area contributed by atoms with Gasteiger partial charge in [0.1, 0.15) is 0 Å². The Labute approximate surface area is 106 Å². The van der Waals surface area contributed by atoms with Gasteiger partial charge < -0.3 is 9.73 Å². The van der Waals surface area contributed by atoms with E-state index >= 15 is 0 Å². The SMILES string of the molecule is CCCCC(C)C(Cc1ccoc1)NCCC. The quantitative estimate of drug-likeness (QED) is 0.702. The molecule has 0 radical (unpaired) electrons. The zero-order valence-electron chi connectivity index (χ0n) is 11.5. The Morgan fingerprint density at radius 2 is 2.12 bits per heavy atom. The molecule has 1 rings (SSSR count). The summed E-state index contributed by atoms with van der Waals surface area (Å²) in [6.07, 6.45) is 9.85. The minimum Gasteiger partial charge on any atom is -0.472 e.